The first-order chi connectivity index (χ1) is 8.42. The van der Waals surface area contributed by atoms with Crippen LogP contribution in [0.25, 0.3) is 0 Å². The van der Waals surface area contributed by atoms with Gasteiger partial charge in [0.25, 0.3) is 0 Å². The summed E-state index contributed by atoms with van der Waals surface area (Å²) in [5, 5.41) is 2.96. The van der Waals surface area contributed by atoms with Crippen molar-refractivity contribution < 1.29 is 13.2 Å². The molecule has 2 fully saturated rings. The number of rotatable bonds is 5. The molecule has 6 nitrogen and oxygen atoms in total. The Morgan fingerprint density at radius 2 is 1.78 bits per heavy atom. The van der Waals surface area contributed by atoms with Gasteiger partial charge in [-0.3, -0.25) is 9.69 Å². The molecule has 2 N–H and O–H groups in total. The molecule has 1 saturated heterocycles. The lowest BCUT2D eigenvalue weighted by atomic mass is 10.1. The highest BCUT2D eigenvalue weighted by molar-refractivity contribution is 7.88. The molecule has 1 amide bonds. The van der Waals surface area contributed by atoms with E-state index in [-0.39, 0.29) is 11.9 Å². The summed E-state index contributed by atoms with van der Waals surface area (Å²) >= 11 is 0. The summed E-state index contributed by atoms with van der Waals surface area (Å²) in [6, 6.07) is 0.421. The lowest BCUT2D eigenvalue weighted by Gasteiger charge is -2.31. The van der Waals surface area contributed by atoms with E-state index in [9.17, 15) is 13.2 Å². The molecule has 7 heteroatoms. The number of hydrogen-bond acceptors (Lipinski definition) is 4. The summed E-state index contributed by atoms with van der Waals surface area (Å²) in [7, 11) is -3.12. The number of nitrogens with zero attached hydrogens (tertiary/aromatic N) is 1. The zero-order valence-corrected chi connectivity index (χ0v) is 11.5. The number of hydrogen-bond donors (Lipinski definition) is 2. The fourth-order valence-corrected chi connectivity index (χ4v) is 3.06. The fraction of sp³-hybridized carbons (Fsp3) is 0.909. The SMILES string of the molecule is CS(=O)(=O)NC1CCN(CC(=O)NC2CC2)CC1. The van der Waals surface area contributed by atoms with Gasteiger partial charge in [-0.1, -0.05) is 0 Å². The molecule has 0 unspecified atom stereocenters. The smallest absolute Gasteiger partial charge is 0.234 e. The van der Waals surface area contributed by atoms with E-state index in [1.54, 1.807) is 0 Å². The molecule has 0 aromatic heterocycles. The minimum atomic E-state index is -3.12. The van der Waals surface area contributed by atoms with E-state index in [4.69, 9.17) is 0 Å². The Kier molecular flexibility index (Phi) is 4.24. The van der Waals surface area contributed by atoms with Gasteiger partial charge in [0, 0.05) is 25.2 Å². The van der Waals surface area contributed by atoms with Gasteiger partial charge >= 0.3 is 0 Å². The molecule has 0 aromatic carbocycles. The highest BCUT2D eigenvalue weighted by Crippen LogP contribution is 2.18. The Morgan fingerprint density at radius 3 is 2.28 bits per heavy atom. The van der Waals surface area contributed by atoms with Gasteiger partial charge in [0.2, 0.25) is 15.9 Å². The summed E-state index contributed by atoms with van der Waals surface area (Å²) in [6.45, 7) is 1.97. The fourth-order valence-electron chi connectivity index (χ4n) is 2.22. The van der Waals surface area contributed by atoms with E-state index in [2.05, 4.69) is 14.9 Å². The van der Waals surface area contributed by atoms with Crippen molar-refractivity contribution in [1.82, 2.24) is 14.9 Å². The van der Waals surface area contributed by atoms with Crippen LogP contribution in [0, 0.1) is 0 Å². The van der Waals surface area contributed by atoms with Crippen LogP contribution in [-0.4, -0.2) is 57.2 Å². The maximum Gasteiger partial charge on any atom is 0.234 e. The van der Waals surface area contributed by atoms with Crippen LogP contribution in [0.3, 0.4) is 0 Å². The summed E-state index contributed by atoms with van der Waals surface area (Å²) in [5.41, 5.74) is 0. The van der Waals surface area contributed by atoms with Crippen LogP contribution in [0.15, 0.2) is 0 Å². The lowest BCUT2D eigenvalue weighted by Crippen LogP contribution is -2.47. The third-order valence-electron chi connectivity index (χ3n) is 3.28. The molecular weight excluding hydrogens is 254 g/mol. The van der Waals surface area contributed by atoms with Gasteiger partial charge < -0.3 is 5.32 Å². The van der Waals surface area contributed by atoms with Crippen molar-refractivity contribution in [2.75, 3.05) is 25.9 Å². The van der Waals surface area contributed by atoms with Crippen LogP contribution in [0.5, 0.6) is 0 Å². The normalized spacial score (nSPS) is 22.9. The molecule has 2 rings (SSSR count). The average molecular weight is 275 g/mol. The largest absolute Gasteiger partial charge is 0.352 e. The summed E-state index contributed by atoms with van der Waals surface area (Å²) < 4.78 is 24.8. The van der Waals surface area contributed by atoms with Crippen LogP contribution in [0.2, 0.25) is 0 Å². The predicted octanol–water partition coefficient (Wildman–Crippen LogP) is -0.721. The predicted molar refractivity (Wildman–Crippen MR) is 68.6 cm³/mol. The van der Waals surface area contributed by atoms with Crippen molar-refractivity contribution in [2.24, 2.45) is 0 Å². The molecule has 18 heavy (non-hydrogen) atoms. The van der Waals surface area contributed by atoms with E-state index in [0.29, 0.717) is 12.6 Å². The van der Waals surface area contributed by atoms with Crippen molar-refractivity contribution in [3.8, 4) is 0 Å². The first-order valence-electron chi connectivity index (χ1n) is 6.41. The van der Waals surface area contributed by atoms with E-state index in [0.717, 1.165) is 38.8 Å². The van der Waals surface area contributed by atoms with Gasteiger partial charge in [-0.15, -0.1) is 0 Å². The molecule has 1 aliphatic carbocycles. The van der Waals surface area contributed by atoms with Crippen LogP contribution < -0.4 is 10.0 Å². The number of carbonyl (C=O) groups excluding carboxylic acids is 1. The molecule has 1 saturated carbocycles. The third-order valence-corrected chi connectivity index (χ3v) is 4.04. The molecule has 0 aromatic rings. The second-order valence-electron chi connectivity index (χ2n) is 5.28. The summed E-state index contributed by atoms with van der Waals surface area (Å²) in [6.07, 6.45) is 4.92. The maximum absolute atomic E-state index is 11.6. The minimum absolute atomic E-state index is 0.0164. The molecule has 0 atom stereocenters. The zero-order valence-electron chi connectivity index (χ0n) is 10.7. The Hall–Kier alpha value is -0.660. The Morgan fingerprint density at radius 1 is 1.17 bits per heavy atom. The molecular formula is C11H21N3O3S. The Balaban J connectivity index is 1.67. The van der Waals surface area contributed by atoms with Crippen molar-refractivity contribution in [2.45, 2.75) is 37.8 Å². The van der Waals surface area contributed by atoms with E-state index in [1.165, 1.54) is 6.26 Å². The van der Waals surface area contributed by atoms with Crippen LogP contribution in [-0.2, 0) is 14.8 Å². The first kappa shape index (κ1) is 13.8. The first-order valence-corrected chi connectivity index (χ1v) is 8.30. The minimum Gasteiger partial charge on any atom is -0.352 e. The highest BCUT2D eigenvalue weighted by Gasteiger charge is 2.26. The lowest BCUT2D eigenvalue weighted by molar-refractivity contribution is -0.122. The number of nitrogens with one attached hydrogen (secondary N) is 2. The summed E-state index contributed by atoms with van der Waals surface area (Å²) in [4.78, 5) is 13.7. The van der Waals surface area contributed by atoms with Crippen molar-refractivity contribution >= 4 is 15.9 Å². The Bertz CT molecular complexity index is 398. The van der Waals surface area contributed by atoms with Crippen molar-refractivity contribution in [3.63, 3.8) is 0 Å². The van der Waals surface area contributed by atoms with Crippen LogP contribution in [0.4, 0.5) is 0 Å². The molecule has 2 aliphatic rings. The molecule has 1 aliphatic heterocycles. The summed E-state index contributed by atoms with van der Waals surface area (Å²) in [5.74, 6) is 0.0898. The second kappa shape index (κ2) is 5.54. The van der Waals surface area contributed by atoms with E-state index >= 15 is 0 Å². The zero-order chi connectivity index (χ0) is 13.2. The monoisotopic (exact) mass is 275 g/mol. The highest BCUT2D eigenvalue weighted by atomic mass is 32.2. The molecule has 1 heterocycles. The van der Waals surface area contributed by atoms with Crippen LogP contribution >= 0.6 is 0 Å². The number of piperidine rings is 1. The standard InChI is InChI=1S/C11H21N3O3S/c1-18(16,17)13-10-4-6-14(7-5-10)8-11(15)12-9-2-3-9/h9-10,13H,2-8H2,1H3,(H,12,15). The third kappa shape index (κ3) is 4.91. The molecule has 0 spiro atoms. The molecule has 0 bridgehead atoms. The van der Waals surface area contributed by atoms with E-state index < -0.39 is 10.0 Å². The van der Waals surface area contributed by atoms with Crippen molar-refractivity contribution in [3.05, 3.63) is 0 Å². The maximum atomic E-state index is 11.6. The topological polar surface area (TPSA) is 78.5 Å². The molecule has 104 valence electrons. The van der Waals surface area contributed by atoms with Gasteiger partial charge in [0.05, 0.1) is 12.8 Å². The van der Waals surface area contributed by atoms with E-state index in [1.807, 2.05) is 0 Å². The Labute approximate surface area is 108 Å². The van der Waals surface area contributed by atoms with Crippen molar-refractivity contribution in [1.29, 1.82) is 0 Å². The van der Waals surface area contributed by atoms with Crippen LogP contribution in [0.1, 0.15) is 25.7 Å². The second-order valence-corrected chi connectivity index (χ2v) is 7.06. The average Bonchev–Trinajstić information content (AvgIpc) is 3.02. The number of likely N-dealkylation sites (tertiary alicyclic amines) is 1. The molecule has 0 radical (unpaired) electrons. The van der Waals surface area contributed by atoms with Gasteiger partial charge in [0.15, 0.2) is 0 Å². The number of amides is 1. The quantitative estimate of drug-likeness (QED) is 0.694. The number of sulfonamides is 1. The van der Waals surface area contributed by atoms with Gasteiger partial charge in [-0.25, -0.2) is 13.1 Å². The van der Waals surface area contributed by atoms with Gasteiger partial charge in [0.1, 0.15) is 0 Å². The number of carbonyl (C=O) groups is 1. The van der Waals surface area contributed by atoms with Gasteiger partial charge in [-0.05, 0) is 25.7 Å². The van der Waals surface area contributed by atoms with Gasteiger partial charge in [-0.2, -0.15) is 0 Å².